The summed E-state index contributed by atoms with van der Waals surface area (Å²) in [6, 6.07) is 9.22. The molecule has 0 radical (unpaired) electrons. The second kappa shape index (κ2) is 6.54. The molecule has 8 heteroatoms. The van der Waals surface area contributed by atoms with E-state index >= 15 is 0 Å². The summed E-state index contributed by atoms with van der Waals surface area (Å²) in [7, 11) is 0. The zero-order valence-electron chi connectivity index (χ0n) is 12.0. The lowest BCUT2D eigenvalue weighted by Crippen LogP contribution is -2.17. The average molecular weight is 347 g/mol. The number of carbonyl (C=O) groups is 1. The minimum atomic E-state index is -4.96. The molecule has 0 aromatic heterocycles. The minimum Gasteiger partial charge on any atom is -0.326 e. The van der Waals surface area contributed by atoms with Gasteiger partial charge in [0, 0.05) is 5.69 Å². The summed E-state index contributed by atoms with van der Waals surface area (Å²) in [6.45, 7) is 0. The number of rotatable bonds is 3. The molecule has 0 spiro atoms. The van der Waals surface area contributed by atoms with Crippen LogP contribution in [0.1, 0.15) is 16.7 Å². The molecule has 0 heterocycles. The van der Waals surface area contributed by atoms with Crippen LogP contribution in [0.4, 0.5) is 32.0 Å². The number of benzene rings is 2. The van der Waals surface area contributed by atoms with Gasteiger partial charge in [-0.05, 0) is 23.8 Å². The Morgan fingerprint density at radius 2 is 1.33 bits per heavy atom. The molecule has 0 saturated heterocycles. The van der Waals surface area contributed by atoms with Crippen LogP contribution in [0.5, 0.6) is 0 Å². The summed E-state index contributed by atoms with van der Waals surface area (Å²) in [5.74, 6) is -0.714. The highest BCUT2D eigenvalue weighted by Crippen LogP contribution is 2.37. The second-order valence-corrected chi connectivity index (χ2v) is 5.01. The minimum absolute atomic E-state index is 0.00680. The van der Waals surface area contributed by atoms with E-state index in [1.807, 2.05) is 0 Å². The number of carbonyl (C=O) groups excluding carboxylic acids is 1. The highest BCUT2D eigenvalue weighted by molar-refractivity contribution is 5.92. The van der Waals surface area contributed by atoms with Crippen LogP contribution in [-0.4, -0.2) is 5.91 Å². The Morgan fingerprint density at radius 3 is 1.79 bits per heavy atom. The first-order valence-electron chi connectivity index (χ1n) is 6.69. The predicted octanol–water partition coefficient (Wildman–Crippen LogP) is 4.91. The first kappa shape index (κ1) is 17.8. The lowest BCUT2D eigenvalue weighted by Gasteiger charge is -2.14. The third-order valence-electron chi connectivity index (χ3n) is 3.08. The fraction of sp³-hybridized carbons (Fsp3) is 0.188. The molecule has 128 valence electrons. The van der Waals surface area contributed by atoms with E-state index in [0.717, 1.165) is 0 Å². The smallest absolute Gasteiger partial charge is 0.326 e. The Hall–Kier alpha value is -2.51. The lowest BCUT2D eigenvalue weighted by molar-refractivity contribution is -0.143. The quantitative estimate of drug-likeness (QED) is 0.786. The number of amides is 1. The summed E-state index contributed by atoms with van der Waals surface area (Å²) >= 11 is 0. The van der Waals surface area contributed by atoms with Crippen molar-refractivity contribution in [3.8, 4) is 0 Å². The molecule has 0 aliphatic rings. The van der Waals surface area contributed by atoms with E-state index < -0.39 is 35.1 Å². The maximum Gasteiger partial charge on any atom is 0.416 e. The van der Waals surface area contributed by atoms with Gasteiger partial charge in [0.1, 0.15) is 0 Å². The number of halogens is 6. The number of alkyl halides is 6. The lowest BCUT2D eigenvalue weighted by atomic mass is 10.1. The van der Waals surface area contributed by atoms with E-state index in [0.29, 0.717) is 17.7 Å². The Bertz CT molecular complexity index is 689. The van der Waals surface area contributed by atoms with Crippen molar-refractivity contribution in [2.24, 2.45) is 0 Å². The molecule has 2 rings (SSSR count). The number of hydrogen-bond donors (Lipinski definition) is 1. The zero-order valence-corrected chi connectivity index (χ0v) is 12.0. The summed E-state index contributed by atoms with van der Waals surface area (Å²) in [4.78, 5) is 11.8. The Morgan fingerprint density at radius 1 is 0.833 bits per heavy atom. The molecule has 0 fully saturated rings. The van der Waals surface area contributed by atoms with Crippen molar-refractivity contribution >= 4 is 11.6 Å². The highest BCUT2D eigenvalue weighted by Gasteiger charge is 2.37. The molecule has 1 N–H and O–H groups in total. The molecule has 0 bridgehead atoms. The Kier molecular flexibility index (Phi) is 4.86. The van der Waals surface area contributed by atoms with Gasteiger partial charge in [0.2, 0.25) is 5.91 Å². The van der Waals surface area contributed by atoms with Gasteiger partial charge in [-0.3, -0.25) is 4.79 Å². The van der Waals surface area contributed by atoms with Gasteiger partial charge in [-0.1, -0.05) is 30.3 Å². The van der Waals surface area contributed by atoms with E-state index in [-0.39, 0.29) is 12.5 Å². The van der Waals surface area contributed by atoms with Crippen molar-refractivity contribution in [3.63, 3.8) is 0 Å². The van der Waals surface area contributed by atoms with Crippen molar-refractivity contribution in [2.45, 2.75) is 18.8 Å². The first-order chi connectivity index (χ1) is 11.1. The van der Waals surface area contributed by atoms with E-state index in [2.05, 4.69) is 5.32 Å². The van der Waals surface area contributed by atoms with Crippen LogP contribution in [0.15, 0.2) is 48.5 Å². The molecule has 2 aromatic carbocycles. The van der Waals surface area contributed by atoms with Crippen molar-refractivity contribution in [2.75, 3.05) is 5.32 Å². The molecule has 24 heavy (non-hydrogen) atoms. The molecule has 0 aliphatic heterocycles. The number of hydrogen-bond acceptors (Lipinski definition) is 1. The van der Waals surface area contributed by atoms with Crippen LogP contribution in [0, 0.1) is 0 Å². The van der Waals surface area contributed by atoms with Crippen molar-refractivity contribution in [1.29, 1.82) is 0 Å². The SMILES string of the molecule is O=C(Cc1ccccc1)Nc1cc(C(F)(F)F)cc(C(F)(F)F)c1. The number of anilines is 1. The topological polar surface area (TPSA) is 29.1 Å². The summed E-state index contributed by atoms with van der Waals surface area (Å²) in [5, 5.41) is 2.08. The van der Waals surface area contributed by atoms with Gasteiger partial charge < -0.3 is 5.32 Å². The first-order valence-corrected chi connectivity index (χ1v) is 6.69. The fourth-order valence-corrected chi connectivity index (χ4v) is 2.01. The van der Waals surface area contributed by atoms with E-state index in [1.165, 1.54) is 0 Å². The molecule has 0 atom stereocenters. The summed E-state index contributed by atoms with van der Waals surface area (Å²) in [5.41, 5.74) is -2.93. The molecular formula is C16H11F6NO. The van der Waals surface area contributed by atoms with Crippen LogP contribution in [-0.2, 0) is 23.6 Å². The molecule has 1 amide bonds. The maximum atomic E-state index is 12.7. The van der Waals surface area contributed by atoms with Crippen molar-refractivity contribution in [3.05, 3.63) is 65.2 Å². The van der Waals surface area contributed by atoms with Crippen LogP contribution < -0.4 is 5.32 Å². The van der Waals surface area contributed by atoms with Gasteiger partial charge in [-0.15, -0.1) is 0 Å². The molecule has 0 unspecified atom stereocenters. The van der Waals surface area contributed by atoms with E-state index in [9.17, 15) is 31.1 Å². The van der Waals surface area contributed by atoms with Gasteiger partial charge in [0.15, 0.2) is 0 Å². The van der Waals surface area contributed by atoms with Crippen LogP contribution in [0.3, 0.4) is 0 Å². The van der Waals surface area contributed by atoms with E-state index in [1.54, 1.807) is 30.3 Å². The summed E-state index contributed by atoms with van der Waals surface area (Å²) < 4.78 is 76.4. The van der Waals surface area contributed by atoms with Gasteiger partial charge in [0.25, 0.3) is 0 Å². The normalized spacial score (nSPS) is 12.1. The van der Waals surface area contributed by atoms with Crippen molar-refractivity contribution in [1.82, 2.24) is 0 Å². The molecule has 0 aliphatic carbocycles. The van der Waals surface area contributed by atoms with E-state index in [4.69, 9.17) is 0 Å². The Balaban J connectivity index is 2.27. The highest BCUT2D eigenvalue weighted by atomic mass is 19.4. The fourth-order valence-electron chi connectivity index (χ4n) is 2.01. The molecule has 2 aromatic rings. The number of nitrogens with one attached hydrogen (secondary N) is 1. The summed E-state index contributed by atoms with van der Waals surface area (Å²) in [6.07, 6.45) is -10.1. The zero-order chi connectivity index (χ0) is 18.0. The monoisotopic (exact) mass is 347 g/mol. The third-order valence-corrected chi connectivity index (χ3v) is 3.08. The van der Waals surface area contributed by atoms with Gasteiger partial charge in [0.05, 0.1) is 17.5 Å². The predicted molar refractivity (Wildman–Crippen MR) is 75.2 cm³/mol. The van der Waals surface area contributed by atoms with Crippen LogP contribution in [0.25, 0.3) is 0 Å². The second-order valence-electron chi connectivity index (χ2n) is 5.01. The molecular weight excluding hydrogens is 336 g/mol. The van der Waals surface area contributed by atoms with Crippen LogP contribution >= 0.6 is 0 Å². The third kappa shape index (κ3) is 4.74. The van der Waals surface area contributed by atoms with Gasteiger partial charge in [-0.2, -0.15) is 26.3 Å². The Labute approximate surface area is 133 Å². The average Bonchev–Trinajstić information content (AvgIpc) is 2.46. The standard InChI is InChI=1S/C16H11F6NO/c17-15(18,19)11-7-12(16(20,21)22)9-13(8-11)23-14(24)6-10-4-2-1-3-5-10/h1-5,7-9H,6H2,(H,23,24). The van der Waals surface area contributed by atoms with Gasteiger partial charge in [-0.25, -0.2) is 0 Å². The van der Waals surface area contributed by atoms with Gasteiger partial charge >= 0.3 is 12.4 Å². The molecule has 2 nitrogen and oxygen atoms in total. The van der Waals surface area contributed by atoms with Crippen LogP contribution in [0.2, 0.25) is 0 Å². The largest absolute Gasteiger partial charge is 0.416 e. The maximum absolute atomic E-state index is 12.7. The van der Waals surface area contributed by atoms with Crippen molar-refractivity contribution < 1.29 is 31.1 Å². The molecule has 0 saturated carbocycles.